The Kier molecular flexibility index (Phi) is 6.35. The first-order chi connectivity index (χ1) is 14.6. The second-order valence-corrected chi connectivity index (χ2v) is 8.17. The van der Waals surface area contributed by atoms with E-state index >= 15 is 0 Å². The Labute approximate surface area is 184 Å². The number of methoxy groups -OCH3 is 1. The van der Waals surface area contributed by atoms with E-state index in [-0.39, 0.29) is 5.91 Å². The first kappa shape index (κ1) is 20.4. The van der Waals surface area contributed by atoms with Gasteiger partial charge in [-0.25, -0.2) is 9.97 Å². The Balaban J connectivity index is 1.29. The zero-order valence-corrected chi connectivity index (χ0v) is 18.1. The number of aromatic nitrogens is 2. The normalized spacial score (nSPS) is 13.9. The molecule has 1 amide bonds. The lowest BCUT2D eigenvalue weighted by Gasteiger charge is -2.36. The molecule has 3 heterocycles. The van der Waals surface area contributed by atoms with Gasteiger partial charge < -0.3 is 19.9 Å². The minimum atomic E-state index is 0.0989. The number of piperazine rings is 1. The van der Waals surface area contributed by atoms with Crippen molar-refractivity contribution >= 4 is 45.5 Å². The van der Waals surface area contributed by atoms with Crippen LogP contribution in [0.15, 0.2) is 48.0 Å². The Hall–Kier alpha value is -2.84. The van der Waals surface area contributed by atoms with E-state index in [2.05, 4.69) is 26.3 Å². The Morgan fingerprint density at radius 3 is 2.80 bits per heavy atom. The molecule has 0 spiro atoms. The summed E-state index contributed by atoms with van der Waals surface area (Å²) in [7, 11) is 1.67. The molecule has 9 heteroatoms. The first-order valence-electron chi connectivity index (χ1n) is 9.60. The summed E-state index contributed by atoms with van der Waals surface area (Å²) >= 11 is 7.31. The Morgan fingerprint density at radius 1 is 1.23 bits per heavy atom. The number of nitrogens with zero attached hydrogens (tertiary/aromatic N) is 4. The van der Waals surface area contributed by atoms with Gasteiger partial charge in [0.05, 0.1) is 24.2 Å². The van der Waals surface area contributed by atoms with Crippen LogP contribution in [0.5, 0.6) is 5.75 Å². The molecular weight excluding hydrogens is 422 g/mol. The van der Waals surface area contributed by atoms with Crippen molar-refractivity contribution in [1.82, 2.24) is 14.9 Å². The average molecular weight is 444 g/mol. The van der Waals surface area contributed by atoms with Crippen LogP contribution in [0, 0.1) is 0 Å². The lowest BCUT2D eigenvalue weighted by Crippen LogP contribution is -2.49. The predicted molar refractivity (Wildman–Crippen MR) is 120 cm³/mol. The molecule has 156 valence electrons. The van der Waals surface area contributed by atoms with Crippen molar-refractivity contribution < 1.29 is 9.53 Å². The van der Waals surface area contributed by atoms with E-state index in [1.807, 2.05) is 28.5 Å². The molecule has 7 nitrogen and oxygen atoms in total. The number of anilines is 3. The van der Waals surface area contributed by atoms with Crippen molar-refractivity contribution in [2.75, 3.05) is 43.5 Å². The smallest absolute Gasteiger partial charge is 0.228 e. The number of pyridine rings is 1. The van der Waals surface area contributed by atoms with Crippen LogP contribution in [-0.4, -0.2) is 54.1 Å². The molecule has 4 rings (SSSR count). The van der Waals surface area contributed by atoms with E-state index in [9.17, 15) is 4.79 Å². The molecule has 3 aromatic rings. The van der Waals surface area contributed by atoms with Gasteiger partial charge in [-0.15, -0.1) is 11.3 Å². The van der Waals surface area contributed by atoms with Gasteiger partial charge in [-0.2, -0.15) is 0 Å². The minimum absolute atomic E-state index is 0.0989. The summed E-state index contributed by atoms with van der Waals surface area (Å²) in [5.41, 5.74) is 1.88. The van der Waals surface area contributed by atoms with Gasteiger partial charge in [-0.3, -0.25) is 4.79 Å². The lowest BCUT2D eigenvalue weighted by molar-refractivity contribution is -0.130. The van der Waals surface area contributed by atoms with Crippen molar-refractivity contribution in [3.8, 4) is 5.75 Å². The van der Waals surface area contributed by atoms with E-state index in [1.165, 1.54) is 11.3 Å². The zero-order chi connectivity index (χ0) is 20.9. The maximum absolute atomic E-state index is 12.7. The summed E-state index contributed by atoms with van der Waals surface area (Å²) in [5, 5.41) is 6.32. The summed E-state index contributed by atoms with van der Waals surface area (Å²) in [5.74, 6) is 1.61. The molecule has 0 saturated carbocycles. The van der Waals surface area contributed by atoms with Gasteiger partial charge in [0, 0.05) is 49.5 Å². The third-order valence-electron chi connectivity index (χ3n) is 4.90. The first-order valence-corrected chi connectivity index (χ1v) is 10.9. The number of thiazole rings is 1. The molecule has 0 bridgehead atoms. The minimum Gasteiger partial charge on any atom is -0.497 e. The van der Waals surface area contributed by atoms with Gasteiger partial charge in [0.25, 0.3) is 0 Å². The average Bonchev–Trinajstić information content (AvgIpc) is 3.22. The second kappa shape index (κ2) is 9.32. The fourth-order valence-corrected chi connectivity index (χ4v) is 4.12. The number of hydrogen-bond acceptors (Lipinski definition) is 7. The Bertz CT molecular complexity index is 1000. The van der Waals surface area contributed by atoms with Crippen LogP contribution in [0.25, 0.3) is 0 Å². The topological polar surface area (TPSA) is 70.6 Å². The molecule has 1 saturated heterocycles. The molecule has 0 unspecified atom stereocenters. The van der Waals surface area contributed by atoms with Crippen LogP contribution in [-0.2, 0) is 11.2 Å². The standard InChI is InChI=1S/C21H22ClN5O2S/c1-29-18-4-2-3-17(12-18)26-7-9-27(10-8-26)20(28)11-16-14-30-21(24-16)25-19-6-5-15(22)13-23-19/h2-6,12-14H,7-11H2,1H3,(H,23,24,25). The molecule has 1 fully saturated rings. The third-order valence-corrected chi connectivity index (χ3v) is 5.93. The van der Waals surface area contributed by atoms with E-state index in [0.29, 0.717) is 35.5 Å². The van der Waals surface area contributed by atoms with Crippen LogP contribution < -0.4 is 15.0 Å². The maximum atomic E-state index is 12.7. The van der Waals surface area contributed by atoms with Crippen LogP contribution in [0.1, 0.15) is 5.69 Å². The van der Waals surface area contributed by atoms with E-state index in [1.54, 1.807) is 25.4 Å². The SMILES string of the molecule is COc1cccc(N2CCN(C(=O)Cc3csc(Nc4ccc(Cl)cn4)n3)CC2)c1. The monoisotopic (exact) mass is 443 g/mol. The van der Waals surface area contributed by atoms with Crippen molar-refractivity contribution in [3.63, 3.8) is 0 Å². The van der Waals surface area contributed by atoms with Gasteiger partial charge in [0.15, 0.2) is 5.13 Å². The number of carbonyl (C=O) groups excluding carboxylic acids is 1. The number of hydrogen-bond donors (Lipinski definition) is 1. The van der Waals surface area contributed by atoms with Crippen LogP contribution in [0.2, 0.25) is 5.02 Å². The number of halogens is 1. The second-order valence-electron chi connectivity index (χ2n) is 6.88. The van der Waals surface area contributed by atoms with E-state index in [0.717, 1.165) is 30.2 Å². The summed E-state index contributed by atoms with van der Waals surface area (Å²) in [6, 6.07) is 11.6. The molecular formula is C21H22ClN5O2S. The molecule has 0 radical (unpaired) electrons. The van der Waals surface area contributed by atoms with Crippen LogP contribution in [0.3, 0.4) is 0 Å². The molecule has 0 atom stereocenters. The predicted octanol–water partition coefficient (Wildman–Crippen LogP) is 3.84. The highest BCUT2D eigenvalue weighted by Crippen LogP contribution is 2.23. The summed E-state index contributed by atoms with van der Waals surface area (Å²) in [4.78, 5) is 25.6. The molecule has 0 aliphatic carbocycles. The van der Waals surface area contributed by atoms with Crippen molar-refractivity contribution in [3.05, 3.63) is 58.7 Å². The number of amides is 1. The largest absolute Gasteiger partial charge is 0.497 e. The Morgan fingerprint density at radius 2 is 2.07 bits per heavy atom. The number of nitrogens with one attached hydrogen (secondary N) is 1. The van der Waals surface area contributed by atoms with Gasteiger partial charge >= 0.3 is 0 Å². The van der Waals surface area contributed by atoms with Gasteiger partial charge in [-0.1, -0.05) is 17.7 Å². The number of carbonyl (C=O) groups is 1. The van der Waals surface area contributed by atoms with Gasteiger partial charge in [0.1, 0.15) is 11.6 Å². The molecule has 1 aromatic carbocycles. The quantitative estimate of drug-likeness (QED) is 0.624. The maximum Gasteiger partial charge on any atom is 0.228 e. The van der Waals surface area contributed by atoms with Crippen LogP contribution in [0.4, 0.5) is 16.6 Å². The highest BCUT2D eigenvalue weighted by Gasteiger charge is 2.22. The molecule has 2 aromatic heterocycles. The van der Waals surface area contributed by atoms with Crippen molar-refractivity contribution in [2.45, 2.75) is 6.42 Å². The lowest BCUT2D eigenvalue weighted by atomic mass is 10.2. The number of benzene rings is 1. The third kappa shape index (κ3) is 5.01. The molecule has 1 N–H and O–H groups in total. The van der Waals surface area contributed by atoms with Crippen LogP contribution >= 0.6 is 22.9 Å². The number of ether oxygens (including phenoxy) is 1. The summed E-state index contributed by atoms with van der Waals surface area (Å²) in [6.45, 7) is 2.98. The summed E-state index contributed by atoms with van der Waals surface area (Å²) < 4.78 is 5.30. The number of rotatable bonds is 6. The molecule has 1 aliphatic rings. The van der Waals surface area contributed by atoms with E-state index < -0.39 is 0 Å². The summed E-state index contributed by atoms with van der Waals surface area (Å²) in [6.07, 6.45) is 1.87. The highest BCUT2D eigenvalue weighted by molar-refractivity contribution is 7.13. The van der Waals surface area contributed by atoms with Gasteiger partial charge in [0.2, 0.25) is 5.91 Å². The fraction of sp³-hybridized carbons (Fsp3) is 0.286. The van der Waals surface area contributed by atoms with Gasteiger partial charge in [-0.05, 0) is 24.3 Å². The fourth-order valence-electron chi connectivity index (χ4n) is 3.29. The molecule has 1 aliphatic heterocycles. The van der Waals surface area contributed by atoms with Crippen molar-refractivity contribution in [2.24, 2.45) is 0 Å². The molecule has 30 heavy (non-hydrogen) atoms. The van der Waals surface area contributed by atoms with Crippen molar-refractivity contribution in [1.29, 1.82) is 0 Å². The van der Waals surface area contributed by atoms with E-state index in [4.69, 9.17) is 16.3 Å². The zero-order valence-electron chi connectivity index (χ0n) is 16.5. The highest BCUT2D eigenvalue weighted by atomic mass is 35.5.